The number of hydrogen-bond donors (Lipinski definition) is 0. The second-order valence-electron chi connectivity index (χ2n) is 6.71. The van der Waals surface area contributed by atoms with Crippen molar-refractivity contribution < 1.29 is 0 Å². The number of benzene rings is 1. The van der Waals surface area contributed by atoms with Gasteiger partial charge >= 0.3 is 0 Å². The Hall–Kier alpha value is -1.24. The molecule has 0 bridgehead atoms. The summed E-state index contributed by atoms with van der Waals surface area (Å²) in [5.41, 5.74) is 2.88. The van der Waals surface area contributed by atoms with Crippen LogP contribution in [0.5, 0.6) is 0 Å². The first-order valence-corrected chi connectivity index (χ1v) is 8.30. The van der Waals surface area contributed by atoms with E-state index < -0.39 is 0 Å². The first kappa shape index (κ1) is 13.7. The topological polar surface area (TPSA) is 3.24 Å². The molecule has 108 valence electrons. The molecular weight excluding hydrogens is 242 g/mol. The van der Waals surface area contributed by atoms with Gasteiger partial charge in [0.05, 0.1) is 0 Å². The summed E-state index contributed by atoms with van der Waals surface area (Å²) in [6, 6.07) is 9.26. The van der Waals surface area contributed by atoms with Gasteiger partial charge in [-0.15, -0.1) is 0 Å². The molecule has 0 saturated heterocycles. The van der Waals surface area contributed by atoms with Crippen LogP contribution in [0.4, 0.5) is 5.69 Å². The van der Waals surface area contributed by atoms with Crippen LogP contribution in [0.15, 0.2) is 36.4 Å². The molecule has 20 heavy (non-hydrogen) atoms. The molecule has 1 nitrogen and oxygen atoms in total. The first-order chi connectivity index (χ1) is 9.81. The Morgan fingerprint density at radius 1 is 0.950 bits per heavy atom. The third kappa shape index (κ3) is 3.45. The average molecular weight is 269 g/mol. The molecule has 0 aromatic heterocycles. The molecule has 2 aliphatic rings. The van der Waals surface area contributed by atoms with Crippen molar-refractivity contribution in [2.45, 2.75) is 45.4 Å². The van der Waals surface area contributed by atoms with Crippen LogP contribution >= 0.6 is 0 Å². The molecule has 1 aliphatic carbocycles. The van der Waals surface area contributed by atoms with E-state index in [1.807, 2.05) is 0 Å². The number of anilines is 1. The van der Waals surface area contributed by atoms with Crippen molar-refractivity contribution in [2.24, 2.45) is 11.8 Å². The van der Waals surface area contributed by atoms with Crippen LogP contribution < -0.4 is 4.90 Å². The lowest BCUT2D eigenvalue weighted by Gasteiger charge is -2.26. The molecular formula is C19H27N. The molecule has 0 spiro atoms. The van der Waals surface area contributed by atoms with Gasteiger partial charge in [0.1, 0.15) is 0 Å². The quantitative estimate of drug-likeness (QED) is 0.708. The highest BCUT2D eigenvalue weighted by Crippen LogP contribution is 2.31. The molecule has 1 aromatic carbocycles. The lowest BCUT2D eigenvalue weighted by atomic mass is 9.80. The van der Waals surface area contributed by atoms with Crippen molar-refractivity contribution in [3.8, 4) is 0 Å². The summed E-state index contributed by atoms with van der Waals surface area (Å²) >= 11 is 0. The van der Waals surface area contributed by atoms with Gasteiger partial charge in [-0.2, -0.15) is 0 Å². The summed E-state index contributed by atoms with van der Waals surface area (Å²) in [4.78, 5) is 2.41. The largest absolute Gasteiger partial charge is 0.364 e. The zero-order chi connectivity index (χ0) is 13.8. The number of rotatable bonds is 4. The zero-order valence-electron chi connectivity index (χ0n) is 12.7. The predicted molar refractivity (Wildman–Crippen MR) is 87.2 cm³/mol. The molecule has 0 amide bonds. The van der Waals surface area contributed by atoms with E-state index in [-0.39, 0.29) is 0 Å². The van der Waals surface area contributed by atoms with Gasteiger partial charge in [-0.3, -0.25) is 0 Å². The maximum Gasteiger partial charge on any atom is 0.0372 e. The normalized spacial score (nSPS) is 26.1. The minimum absolute atomic E-state index is 0.972. The van der Waals surface area contributed by atoms with Crippen LogP contribution in [0.1, 0.15) is 44.6 Å². The monoisotopic (exact) mass is 269 g/mol. The fraction of sp³-hybridized carbons (Fsp3) is 0.579. The van der Waals surface area contributed by atoms with Crippen molar-refractivity contribution >= 4 is 5.69 Å². The molecule has 1 aliphatic heterocycles. The van der Waals surface area contributed by atoms with E-state index in [1.54, 1.807) is 0 Å². The van der Waals surface area contributed by atoms with Crippen molar-refractivity contribution in [1.82, 2.24) is 0 Å². The Labute approximate surface area is 123 Å². The maximum atomic E-state index is 2.41. The highest BCUT2D eigenvalue weighted by atomic mass is 15.1. The molecule has 1 saturated carbocycles. The summed E-state index contributed by atoms with van der Waals surface area (Å²) in [5, 5.41) is 0. The van der Waals surface area contributed by atoms with Crippen LogP contribution in [-0.4, -0.2) is 13.1 Å². The van der Waals surface area contributed by atoms with Gasteiger partial charge in [0.25, 0.3) is 0 Å². The van der Waals surface area contributed by atoms with Crippen LogP contribution in [0.25, 0.3) is 0 Å². The Morgan fingerprint density at radius 3 is 2.25 bits per heavy atom. The lowest BCUT2D eigenvalue weighted by molar-refractivity contribution is 0.278. The van der Waals surface area contributed by atoms with E-state index in [0.29, 0.717) is 0 Å². The second-order valence-corrected chi connectivity index (χ2v) is 6.71. The number of aryl methyl sites for hydroxylation is 1. The molecule has 1 aromatic rings. The Balaban J connectivity index is 1.48. The Morgan fingerprint density at radius 2 is 1.60 bits per heavy atom. The van der Waals surface area contributed by atoms with E-state index in [0.717, 1.165) is 24.9 Å². The van der Waals surface area contributed by atoms with Crippen molar-refractivity contribution in [3.05, 3.63) is 42.0 Å². The van der Waals surface area contributed by atoms with Gasteiger partial charge in [0.2, 0.25) is 0 Å². The lowest BCUT2D eigenvalue weighted by Crippen LogP contribution is -2.18. The molecule has 3 rings (SSSR count). The van der Waals surface area contributed by atoms with Gasteiger partial charge in [-0.05, 0) is 42.4 Å². The number of nitrogens with zero attached hydrogens (tertiary/aromatic N) is 1. The molecule has 0 N–H and O–H groups in total. The van der Waals surface area contributed by atoms with E-state index in [2.05, 4.69) is 48.2 Å². The Kier molecular flexibility index (Phi) is 4.44. The van der Waals surface area contributed by atoms with E-state index in [9.17, 15) is 0 Å². The maximum absolute atomic E-state index is 2.41. The average Bonchev–Trinajstić information content (AvgIpc) is 3.01. The van der Waals surface area contributed by atoms with Gasteiger partial charge in [0.15, 0.2) is 0 Å². The third-order valence-corrected chi connectivity index (χ3v) is 5.10. The van der Waals surface area contributed by atoms with Crippen LogP contribution in [0, 0.1) is 11.8 Å². The van der Waals surface area contributed by atoms with E-state index in [1.165, 1.54) is 49.8 Å². The molecule has 1 heterocycles. The molecule has 1 fully saturated rings. The predicted octanol–water partition coefficient (Wildman–Crippen LogP) is 4.82. The summed E-state index contributed by atoms with van der Waals surface area (Å²) in [6.45, 7) is 4.54. The summed E-state index contributed by atoms with van der Waals surface area (Å²) in [7, 11) is 0. The zero-order valence-corrected chi connectivity index (χ0v) is 12.7. The van der Waals surface area contributed by atoms with Crippen LogP contribution in [-0.2, 0) is 6.42 Å². The highest BCUT2D eigenvalue weighted by Gasteiger charge is 2.17. The smallest absolute Gasteiger partial charge is 0.0372 e. The number of hydrogen-bond acceptors (Lipinski definition) is 1. The van der Waals surface area contributed by atoms with Gasteiger partial charge in [-0.1, -0.05) is 56.9 Å². The molecule has 0 atom stereocenters. The SMILES string of the molecule is CC1CCC(CCc2ccc(N3CC=CC3)cc2)CC1. The molecule has 1 heteroatoms. The molecule has 0 radical (unpaired) electrons. The fourth-order valence-electron chi connectivity index (χ4n) is 3.55. The summed E-state index contributed by atoms with van der Waals surface area (Å²) in [5.74, 6) is 1.95. The minimum Gasteiger partial charge on any atom is -0.364 e. The fourth-order valence-corrected chi connectivity index (χ4v) is 3.55. The van der Waals surface area contributed by atoms with Gasteiger partial charge < -0.3 is 4.90 Å². The second kappa shape index (κ2) is 6.47. The molecule has 0 unspecified atom stereocenters. The minimum atomic E-state index is 0.972. The third-order valence-electron chi connectivity index (χ3n) is 5.10. The highest BCUT2D eigenvalue weighted by molar-refractivity contribution is 5.50. The van der Waals surface area contributed by atoms with Crippen molar-refractivity contribution in [2.75, 3.05) is 18.0 Å². The first-order valence-electron chi connectivity index (χ1n) is 8.30. The standard InChI is InChI=1S/C19H27N/c1-16-4-6-17(7-5-16)8-9-18-10-12-19(13-11-18)20-14-2-3-15-20/h2-3,10-13,16-17H,4-9,14-15H2,1H3. The van der Waals surface area contributed by atoms with E-state index in [4.69, 9.17) is 0 Å². The summed E-state index contributed by atoms with van der Waals surface area (Å²) in [6.07, 6.45) is 13.0. The van der Waals surface area contributed by atoms with E-state index >= 15 is 0 Å². The Bertz CT molecular complexity index is 429. The van der Waals surface area contributed by atoms with Gasteiger partial charge in [-0.25, -0.2) is 0 Å². The van der Waals surface area contributed by atoms with Crippen LogP contribution in [0.2, 0.25) is 0 Å². The van der Waals surface area contributed by atoms with Crippen molar-refractivity contribution in [1.29, 1.82) is 0 Å². The van der Waals surface area contributed by atoms with Gasteiger partial charge in [0, 0.05) is 18.8 Å². The summed E-state index contributed by atoms with van der Waals surface area (Å²) < 4.78 is 0. The van der Waals surface area contributed by atoms with Crippen molar-refractivity contribution in [3.63, 3.8) is 0 Å². The van der Waals surface area contributed by atoms with Crippen LogP contribution in [0.3, 0.4) is 0 Å².